The number of carbonyl (C=O) groups excluding carboxylic acids is 1. The van der Waals surface area contributed by atoms with E-state index in [1.54, 1.807) is 11.4 Å². The van der Waals surface area contributed by atoms with Crippen LogP contribution < -0.4 is 0 Å². The summed E-state index contributed by atoms with van der Waals surface area (Å²) in [6.45, 7) is 0. The van der Waals surface area contributed by atoms with Gasteiger partial charge in [-0.05, 0) is 33.6 Å². The third-order valence-corrected chi connectivity index (χ3v) is 3.18. The highest BCUT2D eigenvalue weighted by Gasteiger charge is 2.35. The quantitative estimate of drug-likeness (QED) is 0.779. The van der Waals surface area contributed by atoms with Crippen LogP contribution in [0.15, 0.2) is 15.9 Å². The summed E-state index contributed by atoms with van der Waals surface area (Å²) in [5.41, 5.74) is 0. The first kappa shape index (κ1) is 11.1. The van der Waals surface area contributed by atoms with Crippen LogP contribution in [0.2, 0.25) is 0 Å². The molecule has 1 nitrogen and oxygen atoms in total. The highest BCUT2D eigenvalue weighted by molar-refractivity contribution is 9.10. The van der Waals surface area contributed by atoms with E-state index in [1.807, 2.05) is 0 Å². The molecule has 0 aliphatic rings. The molecule has 13 heavy (non-hydrogen) atoms. The molecule has 0 spiro atoms. The maximum Gasteiger partial charge on any atom is 0.380 e. The third kappa shape index (κ3) is 3.32. The van der Waals surface area contributed by atoms with Gasteiger partial charge in [-0.3, -0.25) is 4.79 Å². The maximum atomic E-state index is 12.2. The van der Waals surface area contributed by atoms with Gasteiger partial charge < -0.3 is 0 Å². The summed E-state index contributed by atoms with van der Waals surface area (Å²) in [5.74, 6) is -1.27. The summed E-state index contributed by atoms with van der Waals surface area (Å²) >= 11 is 8.94. The number of hydrogen-bond donors (Lipinski definition) is 0. The molecule has 1 heterocycles. The van der Waals surface area contributed by atoms with Gasteiger partial charge >= 0.3 is 5.38 Å². The number of ketones is 1. The molecule has 6 heteroatoms. The molecular formula is C7H4BrClF2OS. The van der Waals surface area contributed by atoms with Crippen molar-refractivity contribution in [2.24, 2.45) is 0 Å². The topological polar surface area (TPSA) is 17.1 Å². The second-order valence-electron chi connectivity index (χ2n) is 2.33. The highest BCUT2D eigenvalue weighted by Crippen LogP contribution is 2.25. The average molecular weight is 290 g/mol. The van der Waals surface area contributed by atoms with Crippen molar-refractivity contribution in [3.8, 4) is 0 Å². The maximum absolute atomic E-state index is 12.2. The van der Waals surface area contributed by atoms with Crippen molar-refractivity contribution in [2.45, 2.75) is 11.8 Å². The van der Waals surface area contributed by atoms with Gasteiger partial charge in [-0.15, -0.1) is 11.3 Å². The SMILES string of the molecule is O=C(Cc1cc(Br)cs1)C(F)(F)Cl. The van der Waals surface area contributed by atoms with Crippen molar-refractivity contribution < 1.29 is 13.6 Å². The molecule has 0 radical (unpaired) electrons. The number of rotatable bonds is 3. The van der Waals surface area contributed by atoms with Gasteiger partial charge in [0.2, 0.25) is 5.78 Å². The Balaban J connectivity index is 2.65. The Labute approximate surface area is 90.8 Å². The van der Waals surface area contributed by atoms with Gasteiger partial charge in [-0.1, -0.05) is 0 Å². The van der Waals surface area contributed by atoms with Crippen molar-refractivity contribution in [3.05, 3.63) is 20.8 Å². The smallest absolute Gasteiger partial charge is 0.291 e. The van der Waals surface area contributed by atoms with Crippen molar-refractivity contribution in [1.82, 2.24) is 0 Å². The van der Waals surface area contributed by atoms with Crippen LogP contribution in [0.3, 0.4) is 0 Å². The van der Waals surface area contributed by atoms with E-state index >= 15 is 0 Å². The fourth-order valence-electron chi connectivity index (χ4n) is 0.705. The number of alkyl halides is 3. The zero-order valence-corrected chi connectivity index (χ0v) is 9.35. The zero-order valence-electron chi connectivity index (χ0n) is 6.19. The first-order chi connectivity index (χ1) is 5.89. The van der Waals surface area contributed by atoms with Gasteiger partial charge in [0.1, 0.15) is 0 Å². The lowest BCUT2D eigenvalue weighted by Crippen LogP contribution is -2.22. The van der Waals surface area contributed by atoms with E-state index in [0.717, 1.165) is 4.47 Å². The number of thiophene rings is 1. The summed E-state index contributed by atoms with van der Waals surface area (Å²) in [4.78, 5) is 11.3. The van der Waals surface area contributed by atoms with E-state index in [1.165, 1.54) is 11.3 Å². The molecule has 0 unspecified atom stereocenters. The van der Waals surface area contributed by atoms with Crippen molar-refractivity contribution in [1.29, 1.82) is 0 Å². The molecule has 72 valence electrons. The van der Waals surface area contributed by atoms with Crippen LogP contribution >= 0.6 is 38.9 Å². The average Bonchev–Trinajstić information content (AvgIpc) is 2.33. The molecular weight excluding hydrogens is 285 g/mol. The van der Waals surface area contributed by atoms with E-state index in [0.29, 0.717) is 4.88 Å². The fourth-order valence-corrected chi connectivity index (χ4v) is 2.22. The van der Waals surface area contributed by atoms with E-state index in [9.17, 15) is 13.6 Å². The van der Waals surface area contributed by atoms with Crippen LogP contribution in [-0.4, -0.2) is 11.2 Å². The van der Waals surface area contributed by atoms with E-state index in [4.69, 9.17) is 0 Å². The minimum absolute atomic E-state index is 0.327. The fraction of sp³-hybridized carbons (Fsp3) is 0.286. The minimum Gasteiger partial charge on any atom is -0.291 e. The van der Waals surface area contributed by atoms with Crippen LogP contribution in [0.1, 0.15) is 4.88 Å². The molecule has 0 amide bonds. The zero-order chi connectivity index (χ0) is 10.1. The number of Topliss-reactive ketones (excluding diaryl/α,β-unsaturated/α-hetero) is 1. The number of hydrogen-bond acceptors (Lipinski definition) is 2. The van der Waals surface area contributed by atoms with Crippen LogP contribution in [0, 0.1) is 0 Å². The summed E-state index contributed by atoms with van der Waals surface area (Å²) in [6, 6.07) is 1.62. The standard InChI is InChI=1S/C7H4BrClF2OS/c8-4-1-5(13-3-4)2-6(12)7(9,10)11/h1,3H,2H2. The lowest BCUT2D eigenvalue weighted by molar-refractivity contribution is -0.132. The Hall–Kier alpha value is -0.000000000000000167. The normalized spacial score (nSPS) is 11.7. The molecule has 1 aromatic heterocycles. The Morgan fingerprint density at radius 3 is 2.69 bits per heavy atom. The second-order valence-corrected chi connectivity index (χ2v) is 4.72. The molecule has 1 aromatic rings. The monoisotopic (exact) mass is 288 g/mol. The summed E-state index contributed by atoms with van der Waals surface area (Å²) < 4.78 is 25.2. The van der Waals surface area contributed by atoms with Gasteiger partial charge in [0.25, 0.3) is 0 Å². The van der Waals surface area contributed by atoms with Gasteiger partial charge in [0, 0.05) is 21.2 Å². The van der Waals surface area contributed by atoms with E-state index in [-0.39, 0.29) is 6.42 Å². The molecule has 0 atom stereocenters. The summed E-state index contributed by atoms with van der Waals surface area (Å²) in [6.07, 6.45) is -0.327. The lowest BCUT2D eigenvalue weighted by atomic mass is 10.2. The predicted molar refractivity (Wildman–Crippen MR) is 51.5 cm³/mol. The summed E-state index contributed by atoms with van der Waals surface area (Å²) in [5, 5.41) is -2.04. The Morgan fingerprint density at radius 1 is 1.69 bits per heavy atom. The molecule has 0 saturated heterocycles. The lowest BCUT2D eigenvalue weighted by Gasteiger charge is -2.03. The molecule has 0 fully saturated rings. The minimum atomic E-state index is -3.75. The van der Waals surface area contributed by atoms with Gasteiger partial charge in [0.15, 0.2) is 0 Å². The van der Waals surface area contributed by atoms with Crippen molar-refractivity contribution in [2.75, 3.05) is 0 Å². The van der Waals surface area contributed by atoms with Crippen LogP contribution in [0.25, 0.3) is 0 Å². The Kier molecular flexibility index (Phi) is 3.43. The number of carbonyl (C=O) groups is 1. The van der Waals surface area contributed by atoms with E-state index in [2.05, 4.69) is 27.5 Å². The van der Waals surface area contributed by atoms with Gasteiger partial charge in [0.05, 0.1) is 0 Å². The molecule has 0 aromatic carbocycles. The molecule has 0 bridgehead atoms. The largest absolute Gasteiger partial charge is 0.380 e. The first-order valence-corrected chi connectivity index (χ1v) is 5.27. The Bertz CT molecular complexity index is 321. The van der Waals surface area contributed by atoms with Crippen LogP contribution in [-0.2, 0) is 11.2 Å². The molecule has 0 N–H and O–H groups in total. The number of halogens is 4. The van der Waals surface area contributed by atoms with Crippen molar-refractivity contribution >= 4 is 44.7 Å². The van der Waals surface area contributed by atoms with Gasteiger partial charge in [-0.2, -0.15) is 8.78 Å². The molecule has 1 rings (SSSR count). The molecule has 0 aliphatic carbocycles. The molecule has 0 aliphatic heterocycles. The Morgan fingerprint density at radius 2 is 2.31 bits per heavy atom. The van der Waals surface area contributed by atoms with E-state index < -0.39 is 11.2 Å². The van der Waals surface area contributed by atoms with Gasteiger partial charge in [-0.25, -0.2) is 0 Å². The predicted octanol–water partition coefficient (Wildman–Crippen LogP) is 3.45. The highest BCUT2D eigenvalue weighted by atomic mass is 79.9. The van der Waals surface area contributed by atoms with Crippen molar-refractivity contribution in [3.63, 3.8) is 0 Å². The van der Waals surface area contributed by atoms with Crippen LogP contribution in [0.4, 0.5) is 8.78 Å². The van der Waals surface area contributed by atoms with Crippen LogP contribution in [0.5, 0.6) is 0 Å². The first-order valence-electron chi connectivity index (χ1n) is 3.22. The third-order valence-electron chi connectivity index (χ3n) is 1.27. The molecule has 0 saturated carbocycles. The second kappa shape index (κ2) is 4.02. The summed E-state index contributed by atoms with van der Waals surface area (Å²) in [7, 11) is 0.